The number of benzene rings is 2. The van der Waals surface area contributed by atoms with Crippen molar-refractivity contribution in [3.63, 3.8) is 0 Å². The molecule has 32 heavy (non-hydrogen) atoms. The van der Waals surface area contributed by atoms with Crippen molar-refractivity contribution in [1.29, 1.82) is 5.26 Å². The van der Waals surface area contributed by atoms with Crippen LogP contribution < -0.4 is 5.69 Å². The van der Waals surface area contributed by atoms with Crippen molar-refractivity contribution in [3.8, 4) is 22.2 Å². The molecule has 0 saturated heterocycles. The Morgan fingerprint density at radius 2 is 1.84 bits per heavy atom. The first kappa shape index (κ1) is 19.5. The average Bonchev–Trinajstić information content (AvgIpc) is 3.42. The highest BCUT2D eigenvalue weighted by Crippen LogP contribution is 2.30. The van der Waals surface area contributed by atoms with E-state index < -0.39 is 5.97 Å². The van der Waals surface area contributed by atoms with Gasteiger partial charge in [0.05, 0.1) is 5.69 Å². The summed E-state index contributed by atoms with van der Waals surface area (Å²) >= 11 is 1.38. The lowest BCUT2D eigenvalue weighted by Crippen LogP contribution is -2.19. The maximum absolute atomic E-state index is 12.9. The smallest absolute Gasteiger partial charge is 0.355 e. The zero-order valence-corrected chi connectivity index (χ0v) is 17.3. The predicted octanol–water partition coefficient (Wildman–Crippen LogP) is 4.36. The van der Waals surface area contributed by atoms with Crippen LogP contribution in [0.1, 0.15) is 4.88 Å². The molecule has 8 heteroatoms. The molecule has 0 aliphatic heterocycles. The zero-order valence-electron chi connectivity index (χ0n) is 16.5. The molecule has 0 unspecified atom stereocenters. The van der Waals surface area contributed by atoms with Crippen LogP contribution in [0.3, 0.4) is 0 Å². The summed E-state index contributed by atoms with van der Waals surface area (Å²) in [5.41, 5.74) is 1.58. The maximum atomic E-state index is 12.9. The van der Waals surface area contributed by atoms with Gasteiger partial charge in [0, 0.05) is 21.3 Å². The molecule has 0 atom stereocenters. The van der Waals surface area contributed by atoms with Crippen molar-refractivity contribution < 1.29 is 9.90 Å². The van der Waals surface area contributed by atoms with Crippen LogP contribution in [0.5, 0.6) is 0 Å². The maximum Gasteiger partial charge on any atom is 0.355 e. The Labute approximate surface area is 185 Å². The number of rotatable bonds is 4. The third-order valence-corrected chi connectivity index (χ3v) is 6.16. The van der Waals surface area contributed by atoms with Gasteiger partial charge < -0.3 is 5.11 Å². The fourth-order valence-corrected chi connectivity index (χ4v) is 4.46. The van der Waals surface area contributed by atoms with Crippen LogP contribution >= 0.6 is 11.3 Å². The van der Waals surface area contributed by atoms with E-state index in [1.165, 1.54) is 26.5 Å². The molecule has 0 radical (unpaired) electrons. The van der Waals surface area contributed by atoms with Crippen molar-refractivity contribution in [1.82, 2.24) is 14.2 Å². The molecular formula is C24H14N4O3S. The molecule has 0 spiro atoms. The van der Waals surface area contributed by atoms with Crippen molar-refractivity contribution >= 4 is 39.8 Å². The van der Waals surface area contributed by atoms with Crippen LogP contribution in [0.4, 0.5) is 0 Å². The third kappa shape index (κ3) is 3.27. The number of hydrogen-bond donors (Lipinski definition) is 1. The number of thiophene rings is 1. The second-order valence-electron chi connectivity index (χ2n) is 7.01. The predicted molar refractivity (Wildman–Crippen MR) is 123 cm³/mol. The Hall–Kier alpha value is -4.48. The minimum absolute atomic E-state index is 0.250. The van der Waals surface area contributed by atoms with Gasteiger partial charge in [-0.25, -0.2) is 14.0 Å². The van der Waals surface area contributed by atoms with Crippen LogP contribution in [0, 0.1) is 11.3 Å². The number of hydrogen-bond acceptors (Lipinski definition) is 5. The summed E-state index contributed by atoms with van der Waals surface area (Å²) in [4.78, 5) is 25.5. The van der Waals surface area contributed by atoms with Crippen LogP contribution in [-0.2, 0) is 4.79 Å². The average molecular weight is 438 g/mol. The zero-order chi connectivity index (χ0) is 22.2. The summed E-state index contributed by atoms with van der Waals surface area (Å²) in [6.45, 7) is 0. The van der Waals surface area contributed by atoms with E-state index >= 15 is 0 Å². The molecule has 0 bridgehead atoms. The molecule has 0 amide bonds. The molecule has 154 valence electrons. The van der Waals surface area contributed by atoms with Crippen molar-refractivity contribution in [2.45, 2.75) is 0 Å². The van der Waals surface area contributed by atoms with E-state index in [9.17, 15) is 9.59 Å². The topological polar surface area (TPSA) is 100 Å². The molecule has 3 aromatic heterocycles. The lowest BCUT2D eigenvalue weighted by atomic mass is 10.2. The quantitative estimate of drug-likeness (QED) is 0.332. The molecule has 0 aliphatic carbocycles. The van der Waals surface area contributed by atoms with Crippen LogP contribution in [-0.4, -0.2) is 25.3 Å². The highest BCUT2D eigenvalue weighted by molar-refractivity contribution is 7.16. The van der Waals surface area contributed by atoms with Crippen molar-refractivity contribution in [3.05, 3.63) is 93.9 Å². The molecule has 0 aliphatic rings. The summed E-state index contributed by atoms with van der Waals surface area (Å²) in [6.07, 6.45) is 3.08. The second kappa shape index (κ2) is 7.65. The largest absolute Gasteiger partial charge is 0.477 e. The van der Waals surface area contributed by atoms with Gasteiger partial charge in [-0.3, -0.25) is 0 Å². The van der Waals surface area contributed by atoms with Gasteiger partial charge in [-0.05, 0) is 47.4 Å². The van der Waals surface area contributed by atoms with E-state index in [0.29, 0.717) is 16.2 Å². The summed E-state index contributed by atoms with van der Waals surface area (Å²) in [6, 6.07) is 22.4. The lowest BCUT2D eigenvalue weighted by Gasteiger charge is -2.01. The molecule has 2 aromatic carbocycles. The standard InChI is InChI=1S/C24H14N4O3S/c25-14-17(23(29)30)13-19-9-10-21(32-19)16-5-7-18(8-6-16)28-24(31)27-12-11-15-3-1-2-4-20(15)22(27)26-28/h1-13H,(H,29,30)/b17-13-. The second-order valence-corrected chi connectivity index (χ2v) is 8.13. The van der Waals surface area contributed by atoms with Gasteiger partial charge >= 0.3 is 11.7 Å². The van der Waals surface area contributed by atoms with Gasteiger partial charge in [-0.1, -0.05) is 36.4 Å². The SMILES string of the molecule is N#C/C(=C/c1ccc(-c2ccc(-n3nc4c5ccccc5ccn4c3=O)cc2)s1)C(=O)O. The molecule has 7 nitrogen and oxygen atoms in total. The monoisotopic (exact) mass is 438 g/mol. The summed E-state index contributed by atoms with van der Waals surface area (Å²) in [7, 11) is 0. The Kier molecular flexibility index (Phi) is 4.66. The van der Waals surface area contributed by atoms with Crippen LogP contribution in [0.2, 0.25) is 0 Å². The first-order valence-corrected chi connectivity index (χ1v) is 10.4. The van der Waals surface area contributed by atoms with E-state index in [2.05, 4.69) is 5.10 Å². The number of fused-ring (bicyclic) bond motifs is 3. The van der Waals surface area contributed by atoms with Crippen molar-refractivity contribution in [2.75, 3.05) is 0 Å². The van der Waals surface area contributed by atoms with Crippen LogP contribution in [0.15, 0.2) is 83.3 Å². The number of aliphatic carboxylic acids is 1. The van der Waals surface area contributed by atoms with E-state index in [0.717, 1.165) is 21.2 Å². The summed E-state index contributed by atoms with van der Waals surface area (Å²) in [5.74, 6) is -1.25. The summed E-state index contributed by atoms with van der Waals surface area (Å²) in [5, 5.41) is 24.4. The minimum Gasteiger partial charge on any atom is -0.477 e. The third-order valence-electron chi connectivity index (χ3n) is 5.08. The number of nitriles is 1. The molecule has 1 N–H and O–H groups in total. The van der Waals surface area contributed by atoms with E-state index in [1.807, 2.05) is 60.7 Å². The first-order chi connectivity index (χ1) is 15.5. The molecule has 3 heterocycles. The normalized spacial score (nSPS) is 11.7. The lowest BCUT2D eigenvalue weighted by molar-refractivity contribution is -0.132. The highest BCUT2D eigenvalue weighted by atomic mass is 32.1. The molecular weight excluding hydrogens is 424 g/mol. The molecule has 5 rings (SSSR count). The van der Waals surface area contributed by atoms with E-state index in [4.69, 9.17) is 10.4 Å². The van der Waals surface area contributed by atoms with Gasteiger partial charge in [0.15, 0.2) is 5.65 Å². The Morgan fingerprint density at radius 3 is 2.59 bits per heavy atom. The Morgan fingerprint density at radius 1 is 1.06 bits per heavy atom. The van der Waals surface area contributed by atoms with Gasteiger partial charge in [-0.15, -0.1) is 16.4 Å². The van der Waals surface area contributed by atoms with Gasteiger partial charge in [0.2, 0.25) is 0 Å². The van der Waals surface area contributed by atoms with Crippen molar-refractivity contribution in [2.24, 2.45) is 0 Å². The number of carboxylic acids is 1. The number of nitrogens with zero attached hydrogens (tertiary/aromatic N) is 4. The minimum atomic E-state index is -1.25. The van der Waals surface area contributed by atoms with E-state index in [-0.39, 0.29) is 11.3 Å². The Bertz CT molecular complexity index is 1630. The van der Waals surface area contributed by atoms with Gasteiger partial charge in [-0.2, -0.15) is 9.94 Å². The summed E-state index contributed by atoms with van der Waals surface area (Å²) < 4.78 is 2.91. The Balaban J connectivity index is 1.51. The van der Waals surface area contributed by atoms with Gasteiger partial charge in [0.25, 0.3) is 0 Å². The molecule has 5 aromatic rings. The number of pyridine rings is 1. The first-order valence-electron chi connectivity index (χ1n) is 9.60. The fraction of sp³-hybridized carbons (Fsp3) is 0. The fourth-order valence-electron chi connectivity index (χ4n) is 3.50. The number of carboxylic acid groups (broad SMARTS) is 1. The molecule has 0 fully saturated rings. The van der Waals surface area contributed by atoms with Crippen LogP contribution in [0.25, 0.3) is 38.6 Å². The molecule has 0 saturated carbocycles. The van der Waals surface area contributed by atoms with E-state index in [1.54, 1.807) is 18.3 Å². The number of aromatic nitrogens is 3. The van der Waals surface area contributed by atoms with Gasteiger partial charge in [0.1, 0.15) is 11.6 Å². The number of carbonyl (C=O) groups is 1. The highest BCUT2D eigenvalue weighted by Gasteiger charge is 2.12.